The zero-order valence-corrected chi connectivity index (χ0v) is 15.3. The summed E-state index contributed by atoms with van der Waals surface area (Å²) in [5, 5.41) is 11.2. The van der Waals surface area contributed by atoms with E-state index in [1.807, 2.05) is 0 Å². The van der Waals surface area contributed by atoms with Gasteiger partial charge in [0.2, 0.25) is 0 Å². The van der Waals surface area contributed by atoms with Crippen molar-refractivity contribution < 1.29 is 13.7 Å². The van der Waals surface area contributed by atoms with Gasteiger partial charge in [0.25, 0.3) is 5.69 Å². The normalized spacial score (nSPS) is 16.3. The molecular formula is C20H23F2N3O2. The van der Waals surface area contributed by atoms with E-state index in [0.29, 0.717) is 12.0 Å². The first kappa shape index (κ1) is 19.2. The fourth-order valence-electron chi connectivity index (χ4n) is 3.66. The Balaban J connectivity index is 1.66. The highest BCUT2D eigenvalue weighted by Gasteiger charge is 2.25. The van der Waals surface area contributed by atoms with E-state index < -0.39 is 10.7 Å². The molecular weight excluding hydrogens is 352 g/mol. The molecule has 0 spiro atoms. The van der Waals surface area contributed by atoms with Crippen LogP contribution in [-0.4, -0.2) is 42.0 Å². The molecule has 1 saturated heterocycles. The van der Waals surface area contributed by atoms with Crippen LogP contribution in [0.2, 0.25) is 0 Å². The molecule has 0 bridgehead atoms. The minimum absolute atomic E-state index is 0.154. The molecule has 0 amide bonds. The second-order valence-corrected chi connectivity index (χ2v) is 6.80. The van der Waals surface area contributed by atoms with Gasteiger partial charge in [-0.2, -0.15) is 0 Å². The molecule has 1 aliphatic rings. The van der Waals surface area contributed by atoms with Crippen LogP contribution in [-0.2, 0) is 6.42 Å². The van der Waals surface area contributed by atoms with Crippen molar-refractivity contribution in [2.45, 2.75) is 25.8 Å². The van der Waals surface area contributed by atoms with Crippen LogP contribution in [0.4, 0.5) is 20.2 Å². The van der Waals surface area contributed by atoms with Gasteiger partial charge in [0.15, 0.2) is 0 Å². The number of nitrogens with zero attached hydrogens (tertiary/aromatic N) is 3. The fraction of sp³-hybridized carbons (Fsp3) is 0.400. The largest absolute Gasteiger partial charge is 0.369 e. The highest BCUT2D eigenvalue weighted by Crippen LogP contribution is 2.25. The van der Waals surface area contributed by atoms with Gasteiger partial charge in [-0.05, 0) is 49.2 Å². The van der Waals surface area contributed by atoms with Crippen molar-refractivity contribution in [3.8, 4) is 0 Å². The Morgan fingerprint density at radius 3 is 2.26 bits per heavy atom. The predicted molar refractivity (Wildman–Crippen MR) is 101 cm³/mol. The smallest absolute Gasteiger partial charge is 0.275 e. The Labute approximate surface area is 157 Å². The van der Waals surface area contributed by atoms with Crippen molar-refractivity contribution in [3.05, 3.63) is 69.8 Å². The zero-order chi connectivity index (χ0) is 19.4. The molecule has 1 aliphatic heterocycles. The number of hydrogen-bond donors (Lipinski definition) is 0. The maximum atomic E-state index is 13.4. The van der Waals surface area contributed by atoms with E-state index in [1.165, 1.54) is 24.3 Å². The first-order valence-electron chi connectivity index (χ1n) is 9.15. The van der Waals surface area contributed by atoms with Gasteiger partial charge >= 0.3 is 0 Å². The molecule has 0 N–H and O–H groups in total. The standard InChI is InChI=1S/C20H23F2N3O2/c1-2-18(13-15-3-4-17(22)14-20(15)25(26)27)23-9-11-24(12-10-23)19-7-5-16(21)6-8-19/h3-8,14,18H,2,9-13H2,1H3. The molecule has 3 rings (SSSR count). The number of anilines is 1. The van der Waals surface area contributed by atoms with Crippen molar-refractivity contribution >= 4 is 11.4 Å². The Morgan fingerprint density at radius 2 is 1.67 bits per heavy atom. The highest BCUT2D eigenvalue weighted by atomic mass is 19.1. The molecule has 0 radical (unpaired) electrons. The quantitative estimate of drug-likeness (QED) is 0.565. The maximum Gasteiger partial charge on any atom is 0.275 e. The molecule has 144 valence electrons. The van der Waals surface area contributed by atoms with Gasteiger partial charge in [0, 0.05) is 43.5 Å². The second-order valence-electron chi connectivity index (χ2n) is 6.80. The highest BCUT2D eigenvalue weighted by molar-refractivity contribution is 5.46. The summed E-state index contributed by atoms with van der Waals surface area (Å²) in [6.07, 6.45) is 1.37. The van der Waals surface area contributed by atoms with Gasteiger partial charge in [-0.3, -0.25) is 15.0 Å². The van der Waals surface area contributed by atoms with Gasteiger partial charge < -0.3 is 4.90 Å². The van der Waals surface area contributed by atoms with Crippen molar-refractivity contribution in [1.82, 2.24) is 4.90 Å². The van der Waals surface area contributed by atoms with Crippen LogP contribution >= 0.6 is 0 Å². The number of rotatable bonds is 6. The average Bonchev–Trinajstić information content (AvgIpc) is 2.68. The molecule has 0 saturated carbocycles. The lowest BCUT2D eigenvalue weighted by atomic mass is 10.00. The molecule has 0 aliphatic carbocycles. The van der Waals surface area contributed by atoms with Crippen molar-refractivity contribution in [2.75, 3.05) is 31.1 Å². The summed E-state index contributed by atoms with van der Waals surface area (Å²) in [5.74, 6) is -0.837. The van der Waals surface area contributed by atoms with E-state index in [1.54, 1.807) is 12.1 Å². The lowest BCUT2D eigenvalue weighted by Gasteiger charge is -2.40. The molecule has 27 heavy (non-hydrogen) atoms. The number of benzene rings is 2. The Morgan fingerprint density at radius 1 is 1.04 bits per heavy atom. The summed E-state index contributed by atoms with van der Waals surface area (Å²) < 4.78 is 26.5. The van der Waals surface area contributed by atoms with Crippen LogP contribution in [0.3, 0.4) is 0 Å². The molecule has 1 unspecified atom stereocenters. The van der Waals surface area contributed by atoms with Gasteiger partial charge in [-0.25, -0.2) is 8.78 Å². The summed E-state index contributed by atoms with van der Waals surface area (Å²) in [6.45, 7) is 5.34. The van der Waals surface area contributed by atoms with E-state index in [9.17, 15) is 18.9 Å². The predicted octanol–water partition coefficient (Wildman–Crippen LogP) is 4.02. The lowest BCUT2D eigenvalue weighted by molar-refractivity contribution is -0.385. The van der Waals surface area contributed by atoms with Gasteiger partial charge in [-0.15, -0.1) is 0 Å². The van der Waals surface area contributed by atoms with Crippen LogP contribution in [0.1, 0.15) is 18.9 Å². The van der Waals surface area contributed by atoms with Gasteiger partial charge in [-0.1, -0.05) is 6.92 Å². The number of halogens is 2. The van der Waals surface area contributed by atoms with Crippen molar-refractivity contribution in [1.29, 1.82) is 0 Å². The topological polar surface area (TPSA) is 49.6 Å². The number of hydrogen-bond acceptors (Lipinski definition) is 4. The summed E-state index contributed by atoms with van der Waals surface area (Å²) in [4.78, 5) is 15.3. The third-order valence-electron chi connectivity index (χ3n) is 5.19. The number of nitro groups is 1. The summed E-state index contributed by atoms with van der Waals surface area (Å²) in [5.41, 5.74) is 1.41. The second kappa shape index (κ2) is 8.43. The van der Waals surface area contributed by atoms with Crippen LogP contribution in [0.25, 0.3) is 0 Å². The van der Waals surface area contributed by atoms with E-state index in [2.05, 4.69) is 16.7 Å². The number of nitro benzene ring substituents is 1. The number of piperazine rings is 1. The third-order valence-corrected chi connectivity index (χ3v) is 5.19. The first-order valence-corrected chi connectivity index (χ1v) is 9.15. The summed E-state index contributed by atoms with van der Waals surface area (Å²) in [7, 11) is 0. The average molecular weight is 375 g/mol. The molecule has 1 fully saturated rings. The van der Waals surface area contributed by atoms with Gasteiger partial charge in [0.05, 0.1) is 11.0 Å². The molecule has 0 aromatic heterocycles. The molecule has 1 heterocycles. The van der Waals surface area contributed by atoms with Crippen molar-refractivity contribution in [3.63, 3.8) is 0 Å². The minimum atomic E-state index is -0.591. The summed E-state index contributed by atoms with van der Waals surface area (Å²) >= 11 is 0. The third kappa shape index (κ3) is 4.60. The molecule has 7 heteroatoms. The lowest BCUT2D eigenvalue weighted by Crippen LogP contribution is -2.50. The van der Waals surface area contributed by atoms with E-state index in [4.69, 9.17) is 0 Å². The van der Waals surface area contributed by atoms with Crippen LogP contribution in [0.5, 0.6) is 0 Å². The molecule has 2 aromatic rings. The Hall–Kier alpha value is -2.54. The first-order chi connectivity index (χ1) is 13.0. The van der Waals surface area contributed by atoms with Crippen LogP contribution in [0.15, 0.2) is 42.5 Å². The van der Waals surface area contributed by atoms with Crippen molar-refractivity contribution in [2.24, 2.45) is 0 Å². The van der Waals surface area contributed by atoms with Gasteiger partial charge in [0.1, 0.15) is 11.6 Å². The Kier molecular flexibility index (Phi) is 6.01. The van der Waals surface area contributed by atoms with E-state index in [0.717, 1.165) is 44.4 Å². The van der Waals surface area contributed by atoms with Crippen LogP contribution in [0, 0.1) is 21.7 Å². The molecule has 2 aromatic carbocycles. The monoisotopic (exact) mass is 375 g/mol. The fourth-order valence-corrected chi connectivity index (χ4v) is 3.66. The maximum absolute atomic E-state index is 13.4. The van der Waals surface area contributed by atoms with Crippen LogP contribution < -0.4 is 4.90 Å². The van der Waals surface area contributed by atoms with E-state index in [-0.39, 0.29) is 17.5 Å². The Bertz CT molecular complexity index is 790. The van der Waals surface area contributed by atoms with E-state index >= 15 is 0 Å². The zero-order valence-electron chi connectivity index (χ0n) is 15.3. The SMILES string of the molecule is CCC(Cc1ccc(F)cc1[N+](=O)[O-])N1CCN(c2ccc(F)cc2)CC1. The molecule has 5 nitrogen and oxygen atoms in total. The molecule has 1 atom stereocenters. The summed E-state index contributed by atoms with van der Waals surface area (Å²) in [6, 6.07) is 10.4. The minimum Gasteiger partial charge on any atom is -0.369 e.